The molecule has 0 radical (unpaired) electrons. The number of hydrogen-bond acceptors (Lipinski definition) is 5. The zero-order valence-corrected chi connectivity index (χ0v) is 15.2. The number of carbonyl (C=O) groups is 1. The Morgan fingerprint density at radius 3 is 2.77 bits per heavy atom. The van der Waals surface area contributed by atoms with Crippen LogP contribution in [0.25, 0.3) is 0 Å². The summed E-state index contributed by atoms with van der Waals surface area (Å²) >= 11 is 0. The number of methoxy groups -OCH3 is 2. The van der Waals surface area contributed by atoms with Crippen LogP contribution in [0.1, 0.15) is 24.8 Å². The lowest BCUT2D eigenvalue weighted by Crippen LogP contribution is -2.51. The number of fused-ring (bicyclic) bond motifs is 2. The number of benzene rings is 1. The quantitative estimate of drug-likeness (QED) is 0.760. The van der Waals surface area contributed by atoms with E-state index in [2.05, 4.69) is 13.5 Å². The summed E-state index contributed by atoms with van der Waals surface area (Å²) in [6, 6.07) is 5.98. The second-order valence-electron chi connectivity index (χ2n) is 7.81. The van der Waals surface area contributed by atoms with Gasteiger partial charge in [-0.2, -0.15) is 0 Å². The van der Waals surface area contributed by atoms with E-state index in [9.17, 15) is 4.79 Å². The van der Waals surface area contributed by atoms with Gasteiger partial charge in [0.25, 0.3) is 0 Å². The third-order valence-electron chi connectivity index (χ3n) is 7.19. The Morgan fingerprint density at radius 1 is 1.31 bits per heavy atom. The van der Waals surface area contributed by atoms with E-state index in [1.54, 1.807) is 20.3 Å². The van der Waals surface area contributed by atoms with E-state index in [-0.39, 0.29) is 29.8 Å². The SMILES string of the molecule is C=CC[C@@]12C(=O)C=C(OC)[C@@]3(OC)[C@@H]1[C@@]3(C)[C@@H]2c1ccc2c(c1)OCO2. The van der Waals surface area contributed by atoms with Gasteiger partial charge >= 0.3 is 0 Å². The van der Waals surface area contributed by atoms with Crippen molar-refractivity contribution in [3.63, 3.8) is 0 Å². The van der Waals surface area contributed by atoms with Crippen molar-refractivity contribution in [1.29, 1.82) is 0 Å². The molecule has 1 heterocycles. The number of hydrogen-bond donors (Lipinski definition) is 0. The molecule has 0 amide bonds. The molecule has 5 nitrogen and oxygen atoms in total. The lowest BCUT2D eigenvalue weighted by molar-refractivity contribution is -0.135. The maximum Gasteiger partial charge on any atom is 0.231 e. The lowest BCUT2D eigenvalue weighted by Gasteiger charge is -2.51. The highest BCUT2D eigenvalue weighted by atomic mass is 16.7. The standard InChI is InChI=1S/C21H22O5/c1-5-8-20-15(22)10-16(23-3)21(24-4)18(20)19(21,2)17(20)12-6-7-13-14(9-12)26-11-25-13/h5-7,9-10,17-18H,1,8,11H2,2-4H3/t17-,18+,19+,20-,21+/m0/s1. The van der Waals surface area contributed by atoms with Crippen molar-refractivity contribution in [2.75, 3.05) is 21.0 Å². The van der Waals surface area contributed by atoms with Gasteiger partial charge in [-0.25, -0.2) is 0 Å². The molecule has 0 N–H and O–H groups in total. The summed E-state index contributed by atoms with van der Waals surface area (Å²) in [5.74, 6) is 2.31. The summed E-state index contributed by atoms with van der Waals surface area (Å²) in [5.41, 5.74) is -0.220. The summed E-state index contributed by atoms with van der Waals surface area (Å²) in [5, 5.41) is 0. The molecule has 1 aromatic carbocycles. The zero-order valence-electron chi connectivity index (χ0n) is 15.2. The molecule has 3 aliphatic carbocycles. The van der Waals surface area contributed by atoms with E-state index in [0.717, 1.165) is 17.1 Å². The van der Waals surface area contributed by atoms with Crippen LogP contribution in [0, 0.1) is 16.7 Å². The molecule has 0 spiro atoms. The van der Waals surface area contributed by atoms with Crippen molar-refractivity contribution in [3.8, 4) is 11.5 Å². The molecule has 2 fully saturated rings. The molecular weight excluding hydrogens is 332 g/mol. The van der Waals surface area contributed by atoms with Crippen molar-refractivity contribution >= 4 is 5.78 Å². The topological polar surface area (TPSA) is 54.0 Å². The summed E-state index contributed by atoms with van der Waals surface area (Å²) in [4.78, 5) is 13.3. The van der Waals surface area contributed by atoms with Crippen molar-refractivity contribution < 1.29 is 23.7 Å². The van der Waals surface area contributed by atoms with E-state index >= 15 is 0 Å². The van der Waals surface area contributed by atoms with Crippen LogP contribution < -0.4 is 9.47 Å². The van der Waals surface area contributed by atoms with E-state index in [4.69, 9.17) is 18.9 Å². The second-order valence-corrected chi connectivity index (χ2v) is 7.81. The van der Waals surface area contributed by atoms with Crippen LogP contribution in [0.4, 0.5) is 0 Å². The summed E-state index contributed by atoms with van der Waals surface area (Å²) in [7, 11) is 3.32. The van der Waals surface area contributed by atoms with Gasteiger partial charge in [0, 0.05) is 30.4 Å². The molecule has 2 saturated carbocycles. The highest BCUT2D eigenvalue weighted by molar-refractivity contribution is 6.02. The van der Waals surface area contributed by atoms with Crippen molar-refractivity contribution in [3.05, 3.63) is 48.3 Å². The van der Waals surface area contributed by atoms with Crippen molar-refractivity contribution in [1.82, 2.24) is 0 Å². The first kappa shape index (κ1) is 15.9. The first-order valence-electron chi connectivity index (χ1n) is 8.88. The highest BCUT2D eigenvalue weighted by Crippen LogP contribution is 2.92. The Hall–Kier alpha value is -2.27. The van der Waals surface area contributed by atoms with Gasteiger partial charge in [-0.1, -0.05) is 19.1 Å². The van der Waals surface area contributed by atoms with E-state index in [1.807, 2.05) is 24.3 Å². The number of ketones is 1. The Bertz CT molecular complexity index is 873. The average Bonchev–Trinajstić information content (AvgIpc) is 2.93. The van der Waals surface area contributed by atoms with Gasteiger partial charge in [-0.15, -0.1) is 6.58 Å². The van der Waals surface area contributed by atoms with Crippen LogP contribution in [0.3, 0.4) is 0 Å². The zero-order chi connectivity index (χ0) is 18.3. The van der Waals surface area contributed by atoms with Gasteiger partial charge in [0.2, 0.25) is 6.79 Å². The fourth-order valence-corrected chi connectivity index (χ4v) is 6.50. The van der Waals surface area contributed by atoms with Crippen LogP contribution in [-0.4, -0.2) is 32.4 Å². The molecule has 0 bridgehead atoms. The van der Waals surface area contributed by atoms with Gasteiger partial charge in [0.15, 0.2) is 17.3 Å². The Kier molecular flexibility index (Phi) is 2.89. The fourth-order valence-electron chi connectivity index (χ4n) is 6.50. The average molecular weight is 354 g/mol. The largest absolute Gasteiger partial charge is 0.498 e. The molecule has 0 unspecified atom stereocenters. The second kappa shape index (κ2) is 4.71. The third kappa shape index (κ3) is 1.36. The van der Waals surface area contributed by atoms with Crippen LogP contribution in [0.15, 0.2) is 42.7 Å². The number of carbonyl (C=O) groups excluding carboxylic acids is 1. The molecular formula is C21H22O5. The van der Waals surface area contributed by atoms with E-state index in [0.29, 0.717) is 12.2 Å². The Morgan fingerprint density at radius 2 is 2.08 bits per heavy atom. The molecule has 136 valence electrons. The van der Waals surface area contributed by atoms with E-state index < -0.39 is 11.0 Å². The van der Waals surface area contributed by atoms with Gasteiger partial charge < -0.3 is 18.9 Å². The highest BCUT2D eigenvalue weighted by Gasteiger charge is 2.97. The summed E-state index contributed by atoms with van der Waals surface area (Å²) in [6.45, 7) is 6.35. The van der Waals surface area contributed by atoms with Crippen LogP contribution in [0.2, 0.25) is 0 Å². The molecule has 5 atom stereocenters. The lowest BCUT2D eigenvalue weighted by atomic mass is 9.49. The van der Waals surface area contributed by atoms with Crippen molar-refractivity contribution in [2.45, 2.75) is 24.9 Å². The normalized spacial score (nSPS) is 41.0. The number of ether oxygens (including phenoxy) is 4. The Balaban J connectivity index is 1.70. The first-order chi connectivity index (χ1) is 12.5. The van der Waals surface area contributed by atoms with Crippen LogP contribution in [-0.2, 0) is 14.3 Å². The van der Waals surface area contributed by atoms with Crippen LogP contribution >= 0.6 is 0 Å². The predicted octanol–water partition coefficient (Wildman–Crippen LogP) is 3.21. The first-order valence-corrected chi connectivity index (χ1v) is 8.88. The van der Waals surface area contributed by atoms with Gasteiger partial charge in [-0.3, -0.25) is 4.79 Å². The predicted molar refractivity (Wildman–Crippen MR) is 94.0 cm³/mol. The minimum absolute atomic E-state index is 0.00356. The Labute approximate surface area is 152 Å². The molecule has 1 aliphatic heterocycles. The van der Waals surface area contributed by atoms with E-state index in [1.165, 1.54) is 0 Å². The monoisotopic (exact) mass is 354 g/mol. The number of allylic oxidation sites excluding steroid dienone is 2. The van der Waals surface area contributed by atoms with Crippen LogP contribution in [0.5, 0.6) is 11.5 Å². The van der Waals surface area contributed by atoms with Gasteiger partial charge in [0.1, 0.15) is 11.4 Å². The molecule has 26 heavy (non-hydrogen) atoms. The molecule has 4 aliphatic rings. The van der Waals surface area contributed by atoms with Gasteiger partial charge in [0.05, 0.1) is 12.5 Å². The maximum absolute atomic E-state index is 13.3. The smallest absolute Gasteiger partial charge is 0.231 e. The summed E-state index contributed by atoms with van der Waals surface area (Å²) < 4.78 is 22.7. The fraction of sp³-hybridized carbons (Fsp3) is 0.476. The minimum atomic E-state index is -0.556. The maximum atomic E-state index is 13.3. The number of rotatable bonds is 5. The third-order valence-corrected chi connectivity index (χ3v) is 7.19. The minimum Gasteiger partial charge on any atom is -0.498 e. The molecule has 5 heteroatoms. The summed E-state index contributed by atoms with van der Waals surface area (Å²) in [6.07, 6.45) is 4.10. The molecule has 5 rings (SSSR count). The van der Waals surface area contributed by atoms with Gasteiger partial charge in [-0.05, 0) is 24.1 Å². The van der Waals surface area contributed by atoms with Crippen molar-refractivity contribution in [2.24, 2.45) is 16.7 Å². The molecule has 0 saturated heterocycles. The molecule has 0 aromatic heterocycles. The molecule has 1 aromatic rings.